The van der Waals surface area contributed by atoms with E-state index in [0.717, 1.165) is 17.3 Å². The zero-order valence-electron chi connectivity index (χ0n) is 10.3. The van der Waals surface area contributed by atoms with Gasteiger partial charge in [0.2, 0.25) is 5.91 Å². The fraction of sp³-hybridized carbons (Fsp3) is 0.308. The maximum absolute atomic E-state index is 12.1. The molecule has 6 heteroatoms. The molecule has 1 aromatic carbocycles. The number of carbonyl (C=O) groups excluding carboxylic acids is 2. The van der Waals surface area contributed by atoms with Crippen LogP contribution in [0, 0.1) is 0 Å². The number of para-hydroxylation sites is 1. The molecular weight excluding hydrogens is 244 g/mol. The molecule has 1 atom stereocenters. The molecule has 0 aliphatic carbocycles. The van der Waals surface area contributed by atoms with Crippen molar-refractivity contribution >= 4 is 22.7 Å². The molecule has 1 unspecified atom stereocenters. The van der Waals surface area contributed by atoms with Gasteiger partial charge in [-0.05, 0) is 12.5 Å². The number of H-pyrrole nitrogens is 1. The van der Waals surface area contributed by atoms with Gasteiger partial charge < -0.3 is 10.6 Å². The lowest BCUT2D eigenvalue weighted by Gasteiger charge is -2.10. The van der Waals surface area contributed by atoms with Crippen LogP contribution in [-0.4, -0.2) is 34.6 Å². The van der Waals surface area contributed by atoms with Crippen LogP contribution in [0.15, 0.2) is 24.3 Å². The number of nitrogens with one attached hydrogen (secondary N) is 3. The molecule has 1 saturated heterocycles. The Balaban J connectivity index is 1.68. The fourth-order valence-electron chi connectivity index (χ4n) is 2.27. The van der Waals surface area contributed by atoms with Crippen molar-refractivity contribution in [3.63, 3.8) is 0 Å². The highest BCUT2D eigenvalue weighted by Crippen LogP contribution is 2.14. The third kappa shape index (κ3) is 2.29. The maximum Gasteiger partial charge on any atom is 0.272 e. The molecule has 1 aliphatic heterocycles. The minimum absolute atomic E-state index is 0.0293. The lowest BCUT2D eigenvalue weighted by atomic mass is 10.2. The number of benzene rings is 1. The van der Waals surface area contributed by atoms with Gasteiger partial charge in [0, 0.05) is 24.4 Å². The first-order chi connectivity index (χ1) is 9.24. The Bertz CT molecular complexity index is 634. The van der Waals surface area contributed by atoms with E-state index in [-0.39, 0.29) is 17.9 Å². The molecule has 98 valence electrons. The van der Waals surface area contributed by atoms with Crippen LogP contribution in [-0.2, 0) is 4.79 Å². The van der Waals surface area contributed by atoms with Crippen molar-refractivity contribution in [1.29, 1.82) is 0 Å². The highest BCUT2D eigenvalue weighted by molar-refractivity contribution is 6.04. The van der Waals surface area contributed by atoms with E-state index >= 15 is 0 Å². The zero-order valence-corrected chi connectivity index (χ0v) is 10.3. The summed E-state index contributed by atoms with van der Waals surface area (Å²) in [6.45, 7) is 0.436. The van der Waals surface area contributed by atoms with E-state index in [1.807, 2.05) is 24.3 Å². The van der Waals surface area contributed by atoms with Crippen molar-refractivity contribution < 1.29 is 9.59 Å². The highest BCUT2D eigenvalue weighted by Gasteiger charge is 2.22. The summed E-state index contributed by atoms with van der Waals surface area (Å²) in [5.74, 6) is -0.178. The molecule has 1 fully saturated rings. The summed E-state index contributed by atoms with van der Waals surface area (Å²) in [6.07, 6.45) is 1.30. The van der Waals surface area contributed by atoms with Crippen LogP contribution in [0.3, 0.4) is 0 Å². The van der Waals surface area contributed by atoms with E-state index in [2.05, 4.69) is 20.8 Å². The lowest BCUT2D eigenvalue weighted by Crippen LogP contribution is -2.38. The van der Waals surface area contributed by atoms with Crippen molar-refractivity contribution in [2.75, 3.05) is 6.54 Å². The van der Waals surface area contributed by atoms with Crippen molar-refractivity contribution in [3.8, 4) is 0 Å². The average Bonchev–Trinajstić information content (AvgIpc) is 3.02. The molecular formula is C13H14N4O2. The van der Waals surface area contributed by atoms with Crippen LogP contribution < -0.4 is 10.6 Å². The van der Waals surface area contributed by atoms with Gasteiger partial charge in [0.15, 0.2) is 5.69 Å². The minimum atomic E-state index is -0.224. The molecule has 19 heavy (non-hydrogen) atoms. The van der Waals surface area contributed by atoms with Gasteiger partial charge >= 0.3 is 0 Å². The standard InChI is InChI=1S/C13H14N4O2/c18-11-6-5-8(15-11)7-14-13(19)12-9-3-1-2-4-10(9)16-17-12/h1-4,8H,5-7H2,(H,14,19)(H,15,18)(H,16,17). The first-order valence-corrected chi connectivity index (χ1v) is 6.25. The molecule has 2 aromatic rings. The normalized spacial score (nSPS) is 18.5. The Labute approximate surface area is 109 Å². The van der Waals surface area contributed by atoms with Gasteiger partial charge in [0.05, 0.1) is 5.52 Å². The van der Waals surface area contributed by atoms with E-state index in [9.17, 15) is 9.59 Å². The minimum Gasteiger partial charge on any atom is -0.352 e. The van der Waals surface area contributed by atoms with Gasteiger partial charge in [-0.15, -0.1) is 0 Å². The van der Waals surface area contributed by atoms with Gasteiger partial charge in [-0.1, -0.05) is 18.2 Å². The second-order valence-corrected chi connectivity index (χ2v) is 4.63. The van der Waals surface area contributed by atoms with Crippen LogP contribution >= 0.6 is 0 Å². The van der Waals surface area contributed by atoms with E-state index in [0.29, 0.717) is 18.7 Å². The first kappa shape index (κ1) is 11.7. The molecule has 1 aromatic heterocycles. The van der Waals surface area contributed by atoms with Crippen molar-refractivity contribution in [3.05, 3.63) is 30.0 Å². The number of amides is 2. The Morgan fingerprint density at radius 1 is 1.42 bits per heavy atom. The molecule has 0 radical (unpaired) electrons. The molecule has 6 nitrogen and oxygen atoms in total. The Morgan fingerprint density at radius 2 is 2.26 bits per heavy atom. The summed E-state index contributed by atoms with van der Waals surface area (Å²) in [5.41, 5.74) is 1.22. The number of rotatable bonds is 3. The summed E-state index contributed by atoms with van der Waals surface area (Å²) in [5, 5.41) is 13.3. The Kier molecular flexibility index (Phi) is 2.91. The van der Waals surface area contributed by atoms with Gasteiger partial charge in [-0.3, -0.25) is 14.7 Å². The predicted octanol–water partition coefficient (Wildman–Crippen LogP) is 0.571. The summed E-state index contributed by atoms with van der Waals surface area (Å²) < 4.78 is 0. The summed E-state index contributed by atoms with van der Waals surface area (Å²) in [6, 6.07) is 7.50. The maximum atomic E-state index is 12.1. The topological polar surface area (TPSA) is 86.9 Å². The Hall–Kier alpha value is -2.37. The van der Waals surface area contributed by atoms with Gasteiger partial charge in [-0.2, -0.15) is 5.10 Å². The van der Waals surface area contributed by atoms with Crippen LogP contribution in [0.2, 0.25) is 0 Å². The molecule has 2 amide bonds. The van der Waals surface area contributed by atoms with E-state index in [1.165, 1.54) is 0 Å². The third-order valence-corrected chi connectivity index (χ3v) is 3.28. The van der Waals surface area contributed by atoms with Crippen LogP contribution in [0.4, 0.5) is 0 Å². The van der Waals surface area contributed by atoms with E-state index in [4.69, 9.17) is 0 Å². The molecule has 0 saturated carbocycles. The van der Waals surface area contributed by atoms with Gasteiger partial charge in [-0.25, -0.2) is 0 Å². The van der Waals surface area contributed by atoms with Gasteiger partial charge in [0.25, 0.3) is 5.91 Å². The molecule has 0 bridgehead atoms. The number of hydrogen-bond donors (Lipinski definition) is 3. The average molecular weight is 258 g/mol. The summed E-state index contributed by atoms with van der Waals surface area (Å²) in [7, 11) is 0. The monoisotopic (exact) mass is 258 g/mol. The second kappa shape index (κ2) is 4.72. The Morgan fingerprint density at radius 3 is 3.05 bits per heavy atom. The van der Waals surface area contributed by atoms with Crippen LogP contribution in [0.25, 0.3) is 10.9 Å². The number of fused-ring (bicyclic) bond motifs is 1. The lowest BCUT2D eigenvalue weighted by molar-refractivity contribution is -0.119. The largest absolute Gasteiger partial charge is 0.352 e. The smallest absolute Gasteiger partial charge is 0.272 e. The number of aromatic nitrogens is 2. The quantitative estimate of drug-likeness (QED) is 0.752. The first-order valence-electron chi connectivity index (χ1n) is 6.25. The predicted molar refractivity (Wildman–Crippen MR) is 69.6 cm³/mol. The number of aromatic amines is 1. The van der Waals surface area contributed by atoms with Crippen molar-refractivity contribution in [1.82, 2.24) is 20.8 Å². The van der Waals surface area contributed by atoms with Gasteiger partial charge in [0.1, 0.15) is 0 Å². The van der Waals surface area contributed by atoms with E-state index in [1.54, 1.807) is 0 Å². The summed E-state index contributed by atoms with van der Waals surface area (Å²) >= 11 is 0. The molecule has 3 rings (SSSR count). The number of nitrogens with zero attached hydrogens (tertiary/aromatic N) is 1. The second-order valence-electron chi connectivity index (χ2n) is 4.63. The fourth-order valence-corrected chi connectivity index (χ4v) is 2.27. The SMILES string of the molecule is O=C1CCC(CNC(=O)c2n[nH]c3ccccc23)N1. The molecule has 1 aliphatic rings. The van der Waals surface area contributed by atoms with Crippen LogP contribution in [0.5, 0.6) is 0 Å². The van der Waals surface area contributed by atoms with E-state index < -0.39 is 0 Å². The zero-order chi connectivity index (χ0) is 13.2. The van der Waals surface area contributed by atoms with Crippen molar-refractivity contribution in [2.24, 2.45) is 0 Å². The third-order valence-electron chi connectivity index (χ3n) is 3.28. The molecule has 0 spiro atoms. The van der Waals surface area contributed by atoms with Crippen molar-refractivity contribution in [2.45, 2.75) is 18.9 Å². The summed E-state index contributed by atoms with van der Waals surface area (Å²) in [4.78, 5) is 23.1. The molecule has 3 N–H and O–H groups in total. The number of hydrogen-bond acceptors (Lipinski definition) is 3. The van der Waals surface area contributed by atoms with Crippen LogP contribution in [0.1, 0.15) is 23.3 Å². The molecule has 2 heterocycles. The number of carbonyl (C=O) groups is 2. The highest BCUT2D eigenvalue weighted by atomic mass is 16.2.